The summed E-state index contributed by atoms with van der Waals surface area (Å²) in [5.74, 6) is 1.40. The molecule has 3 nitrogen and oxygen atoms in total. The van der Waals surface area contributed by atoms with Gasteiger partial charge in [-0.05, 0) is 52.0 Å². The topological polar surface area (TPSA) is 60.2 Å². The molecule has 1 saturated carbocycles. The van der Waals surface area contributed by atoms with Crippen LogP contribution in [0.5, 0.6) is 0 Å². The third-order valence-corrected chi connectivity index (χ3v) is 6.45. The monoisotopic (exact) mass is 247 g/mol. The van der Waals surface area contributed by atoms with E-state index in [0.29, 0.717) is 24.1 Å². The first kappa shape index (κ1) is 14.0. The molecule has 0 aliphatic heterocycles. The third kappa shape index (κ3) is 3.20. The van der Waals surface area contributed by atoms with Crippen LogP contribution < -0.4 is 5.73 Å². The molecule has 0 heterocycles. The molecule has 0 aromatic carbocycles. The fourth-order valence-electron chi connectivity index (χ4n) is 2.42. The van der Waals surface area contributed by atoms with Crippen LogP contribution in [0.3, 0.4) is 0 Å². The Hall–Kier alpha value is -0.0900. The molecule has 0 aromatic rings. The van der Waals surface area contributed by atoms with Gasteiger partial charge in [0.1, 0.15) is 0 Å². The normalized spacial score (nSPS) is 27.2. The lowest BCUT2D eigenvalue weighted by Crippen LogP contribution is -2.32. The van der Waals surface area contributed by atoms with E-state index in [0.717, 1.165) is 12.8 Å². The van der Waals surface area contributed by atoms with Gasteiger partial charge in [0.05, 0.1) is 10.5 Å². The van der Waals surface area contributed by atoms with Crippen molar-refractivity contribution in [3.63, 3.8) is 0 Å². The van der Waals surface area contributed by atoms with Crippen LogP contribution in [0.4, 0.5) is 0 Å². The Labute approximate surface area is 99.7 Å². The zero-order valence-electron chi connectivity index (χ0n) is 10.7. The van der Waals surface area contributed by atoms with Gasteiger partial charge in [0.15, 0.2) is 9.84 Å². The molecule has 2 atom stereocenters. The van der Waals surface area contributed by atoms with Crippen molar-refractivity contribution in [2.24, 2.45) is 17.6 Å². The van der Waals surface area contributed by atoms with Crippen LogP contribution in [-0.2, 0) is 9.84 Å². The van der Waals surface area contributed by atoms with Crippen molar-refractivity contribution in [3.8, 4) is 0 Å². The highest BCUT2D eigenvalue weighted by atomic mass is 32.2. The molecule has 1 rings (SSSR count). The van der Waals surface area contributed by atoms with Gasteiger partial charge in [-0.3, -0.25) is 0 Å². The number of nitrogens with two attached hydrogens (primary N) is 1. The summed E-state index contributed by atoms with van der Waals surface area (Å²) in [6.07, 6.45) is 4.34. The second-order valence-corrected chi connectivity index (χ2v) is 8.77. The number of rotatable bonds is 4. The van der Waals surface area contributed by atoms with Gasteiger partial charge in [-0.1, -0.05) is 12.8 Å². The van der Waals surface area contributed by atoms with E-state index in [1.807, 2.05) is 0 Å². The Kier molecular flexibility index (Phi) is 4.41. The molecule has 0 aromatic heterocycles. The molecule has 2 N–H and O–H groups in total. The maximum Gasteiger partial charge on any atom is 0.155 e. The number of hydrogen-bond acceptors (Lipinski definition) is 3. The fraction of sp³-hybridized carbons (Fsp3) is 1.00. The standard InChI is InChI=1S/C12H25NO2S/c1-12(2,3)16(14,15)8-7-10-5-4-6-11(10)9-13/h10-11H,4-9,13H2,1-3H3. The Morgan fingerprint density at radius 1 is 1.19 bits per heavy atom. The summed E-state index contributed by atoms with van der Waals surface area (Å²) < 4.78 is 23.3. The minimum atomic E-state index is -2.96. The predicted molar refractivity (Wildman–Crippen MR) is 68.0 cm³/mol. The van der Waals surface area contributed by atoms with E-state index in [2.05, 4.69) is 0 Å². The zero-order chi connectivity index (χ0) is 12.4. The second kappa shape index (κ2) is 5.05. The highest BCUT2D eigenvalue weighted by molar-refractivity contribution is 7.92. The van der Waals surface area contributed by atoms with Gasteiger partial charge in [0.2, 0.25) is 0 Å². The summed E-state index contributed by atoms with van der Waals surface area (Å²) >= 11 is 0. The van der Waals surface area contributed by atoms with Crippen molar-refractivity contribution in [2.75, 3.05) is 12.3 Å². The Bertz CT molecular complexity index is 316. The summed E-state index contributed by atoms with van der Waals surface area (Å²) in [5, 5.41) is 0. The van der Waals surface area contributed by atoms with Crippen LogP contribution in [-0.4, -0.2) is 25.5 Å². The van der Waals surface area contributed by atoms with Crippen LogP contribution in [0.1, 0.15) is 46.5 Å². The average Bonchev–Trinajstić information content (AvgIpc) is 2.60. The highest BCUT2D eigenvalue weighted by Gasteiger charge is 2.32. The minimum absolute atomic E-state index is 0.317. The molecule has 0 saturated heterocycles. The van der Waals surface area contributed by atoms with Crippen molar-refractivity contribution in [3.05, 3.63) is 0 Å². The molecular formula is C12H25NO2S. The predicted octanol–water partition coefficient (Wildman–Crippen LogP) is 1.96. The van der Waals surface area contributed by atoms with Crippen molar-refractivity contribution < 1.29 is 8.42 Å². The minimum Gasteiger partial charge on any atom is -0.330 e. The van der Waals surface area contributed by atoms with Crippen molar-refractivity contribution in [2.45, 2.75) is 51.2 Å². The first-order valence-electron chi connectivity index (χ1n) is 6.20. The van der Waals surface area contributed by atoms with E-state index in [1.54, 1.807) is 20.8 Å². The van der Waals surface area contributed by atoms with Gasteiger partial charge in [0, 0.05) is 0 Å². The molecule has 0 bridgehead atoms. The quantitative estimate of drug-likeness (QED) is 0.826. The highest BCUT2D eigenvalue weighted by Crippen LogP contribution is 2.34. The summed E-state index contributed by atoms with van der Waals surface area (Å²) in [6.45, 7) is 6.03. The van der Waals surface area contributed by atoms with Crippen LogP contribution in [0.25, 0.3) is 0 Å². The second-order valence-electron chi connectivity index (χ2n) is 5.91. The number of hydrogen-bond donors (Lipinski definition) is 1. The fourth-order valence-corrected chi connectivity index (χ4v) is 3.64. The summed E-state index contributed by atoms with van der Waals surface area (Å²) in [5.41, 5.74) is 5.70. The first-order chi connectivity index (χ1) is 7.28. The average molecular weight is 247 g/mol. The van der Waals surface area contributed by atoms with E-state index >= 15 is 0 Å². The molecule has 1 fully saturated rings. The lowest BCUT2D eigenvalue weighted by Gasteiger charge is -2.22. The zero-order valence-corrected chi connectivity index (χ0v) is 11.5. The van der Waals surface area contributed by atoms with Crippen LogP contribution in [0.2, 0.25) is 0 Å². The van der Waals surface area contributed by atoms with Gasteiger partial charge >= 0.3 is 0 Å². The maximum absolute atomic E-state index is 12.0. The van der Waals surface area contributed by atoms with E-state index in [4.69, 9.17) is 5.73 Å². The van der Waals surface area contributed by atoms with Crippen LogP contribution in [0, 0.1) is 11.8 Å². The van der Waals surface area contributed by atoms with Gasteiger partial charge in [-0.25, -0.2) is 8.42 Å². The van der Waals surface area contributed by atoms with Crippen molar-refractivity contribution in [1.29, 1.82) is 0 Å². The Morgan fingerprint density at radius 2 is 1.75 bits per heavy atom. The van der Waals surface area contributed by atoms with E-state index in [9.17, 15) is 8.42 Å². The molecule has 1 aliphatic rings. The van der Waals surface area contributed by atoms with E-state index in [1.165, 1.54) is 12.8 Å². The summed E-state index contributed by atoms with van der Waals surface area (Å²) in [6, 6.07) is 0. The van der Waals surface area contributed by atoms with Gasteiger partial charge < -0.3 is 5.73 Å². The summed E-state index contributed by atoms with van der Waals surface area (Å²) in [7, 11) is -2.96. The Morgan fingerprint density at radius 3 is 2.25 bits per heavy atom. The molecule has 0 spiro atoms. The number of sulfone groups is 1. The first-order valence-corrected chi connectivity index (χ1v) is 7.85. The molecule has 0 amide bonds. The molecule has 96 valence electrons. The van der Waals surface area contributed by atoms with Gasteiger partial charge in [-0.2, -0.15) is 0 Å². The largest absolute Gasteiger partial charge is 0.330 e. The lowest BCUT2D eigenvalue weighted by atomic mass is 9.94. The molecule has 0 radical (unpaired) electrons. The molecule has 4 heteroatoms. The van der Waals surface area contributed by atoms with E-state index < -0.39 is 14.6 Å². The summed E-state index contributed by atoms with van der Waals surface area (Å²) in [4.78, 5) is 0. The Balaban J connectivity index is 2.52. The lowest BCUT2D eigenvalue weighted by molar-refractivity contribution is 0.384. The molecule has 2 unspecified atom stereocenters. The van der Waals surface area contributed by atoms with Gasteiger partial charge in [0.25, 0.3) is 0 Å². The van der Waals surface area contributed by atoms with Crippen molar-refractivity contribution >= 4 is 9.84 Å². The van der Waals surface area contributed by atoms with Crippen LogP contribution in [0.15, 0.2) is 0 Å². The SMILES string of the molecule is CC(C)(C)S(=O)(=O)CCC1CCCC1CN. The van der Waals surface area contributed by atoms with Crippen LogP contribution >= 0.6 is 0 Å². The van der Waals surface area contributed by atoms with Crippen molar-refractivity contribution in [1.82, 2.24) is 0 Å². The smallest absolute Gasteiger partial charge is 0.155 e. The van der Waals surface area contributed by atoms with Gasteiger partial charge in [-0.15, -0.1) is 0 Å². The maximum atomic E-state index is 12.0. The molecule has 16 heavy (non-hydrogen) atoms. The third-order valence-electron chi connectivity index (χ3n) is 3.81. The van der Waals surface area contributed by atoms with E-state index in [-0.39, 0.29) is 0 Å². The molecular weight excluding hydrogens is 222 g/mol. The molecule has 1 aliphatic carbocycles.